The van der Waals surface area contributed by atoms with Crippen molar-refractivity contribution in [2.75, 3.05) is 26.7 Å². The van der Waals surface area contributed by atoms with Crippen molar-refractivity contribution in [3.8, 4) is 0 Å². The minimum atomic E-state index is 0.641. The van der Waals surface area contributed by atoms with Gasteiger partial charge in [-0.15, -0.1) is 6.58 Å². The van der Waals surface area contributed by atoms with Gasteiger partial charge in [-0.05, 0) is 39.9 Å². The standard InChI is InChI=1S/C11H24N2/c1-5-8-12-9-7-11(3)13(4)10-6-2/h6,11-12H,2,5,7-10H2,1,3-4H3. The van der Waals surface area contributed by atoms with Crippen molar-refractivity contribution in [2.24, 2.45) is 0 Å². The van der Waals surface area contributed by atoms with Gasteiger partial charge < -0.3 is 10.2 Å². The van der Waals surface area contributed by atoms with Gasteiger partial charge >= 0.3 is 0 Å². The highest BCUT2D eigenvalue weighted by molar-refractivity contribution is 4.75. The molecule has 0 aliphatic rings. The lowest BCUT2D eigenvalue weighted by Crippen LogP contribution is -2.32. The van der Waals surface area contributed by atoms with E-state index in [0.717, 1.165) is 19.6 Å². The zero-order valence-corrected chi connectivity index (χ0v) is 9.34. The lowest BCUT2D eigenvalue weighted by Gasteiger charge is -2.23. The molecule has 0 saturated carbocycles. The van der Waals surface area contributed by atoms with Crippen LogP contribution in [0, 0.1) is 0 Å². The average molecular weight is 184 g/mol. The van der Waals surface area contributed by atoms with Gasteiger partial charge in [0.25, 0.3) is 0 Å². The lowest BCUT2D eigenvalue weighted by molar-refractivity contribution is 0.269. The molecule has 0 spiro atoms. The molecule has 0 saturated heterocycles. The Morgan fingerprint density at radius 2 is 2.15 bits per heavy atom. The van der Waals surface area contributed by atoms with Crippen LogP contribution in [0.25, 0.3) is 0 Å². The molecule has 0 rings (SSSR count). The fraction of sp³-hybridized carbons (Fsp3) is 0.818. The van der Waals surface area contributed by atoms with Gasteiger partial charge in [0.15, 0.2) is 0 Å². The summed E-state index contributed by atoms with van der Waals surface area (Å²) in [5, 5.41) is 3.41. The molecule has 0 amide bonds. The van der Waals surface area contributed by atoms with Crippen molar-refractivity contribution >= 4 is 0 Å². The maximum Gasteiger partial charge on any atom is 0.0160 e. The fourth-order valence-electron chi connectivity index (χ4n) is 1.22. The van der Waals surface area contributed by atoms with Gasteiger partial charge in [-0.3, -0.25) is 0 Å². The van der Waals surface area contributed by atoms with E-state index >= 15 is 0 Å². The minimum Gasteiger partial charge on any atom is -0.317 e. The van der Waals surface area contributed by atoms with Crippen molar-refractivity contribution in [3.05, 3.63) is 12.7 Å². The number of hydrogen-bond donors (Lipinski definition) is 1. The van der Waals surface area contributed by atoms with Gasteiger partial charge in [0.2, 0.25) is 0 Å². The first-order chi connectivity index (χ1) is 6.22. The van der Waals surface area contributed by atoms with Crippen molar-refractivity contribution < 1.29 is 0 Å². The number of hydrogen-bond acceptors (Lipinski definition) is 2. The molecule has 0 aromatic carbocycles. The quantitative estimate of drug-likeness (QED) is 0.458. The Balaban J connectivity index is 3.37. The molecule has 1 N–H and O–H groups in total. The van der Waals surface area contributed by atoms with Gasteiger partial charge in [0, 0.05) is 12.6 Å². The summed E-state index contributed by atoms with van der Waals surface area (Å²) in [7, 11) is 2.15. The van der Waals surface area contributed by atoms with Gasteiger partial charge in [-0.2, -0.15) is 0 Å². The summed E-state index contributed by atoms with van der Waals surface area (Å²) in [5.41, 5.74) is 0. The highest BCUT2D eigenvalue weighted by atomic mass is 15.1. The smallest absolute Gasteiger partial charge is 0.0160 e. The molecule has 13 heavy (non-hydrogen) atoms. The molecule has 0 radical (unpaired) electrons. The Hall–Kier alpha value is -0.340. The zero-order chi connectivity index (χ0) is 10.1. The summed E-state index contributed by atoms with van der Waals surface area (Å²) < 4.78 is 0. The summed E-state index contributed by atoms with van der Waals surface area (Å²) in [6.07, 6.45) is 4.39. The summed E-state index contributed by atoms with van der Waals surface area (Å²) in [6.45, 7) is 11.4. The fourth-order valence-corrected chi connectivity index (χ4v) is 1.22. The third-order valence-corrected chi connectivity index (χ3v) is 2.34. The monoisotopic (exact) mass is 184 g/mol. The van der Waals surface area contributed by atoms with Crippen molar-refractivity contribution in [3.63, 3.8) is 0 Å². The summed E-state index contributed by atoms with van der Waals surface area (Å²) in [4.78, 5) is 2.32. The molecule has 1 unspecified atom stereocenters. The Bertz CT molecular complexity index is 123. The van der Waals surface area contributed by atoms with Crippen LogP contribution in [0.2, 0.25) is 0 Å². The van der Waals surface area contributed by atoms with Gasteiger partial charge in [-0.1, -0.05) is 13.0 Å². The van der Waals surface area contributed by atoms with E-state index in [1.54, 1.807) is 0 Å². The maximum absolute atomic E-state index is 3.74. The average Bonchev–Trinajstić information content (AvgIpc) is 2.12. The third-order valence-electron chi connectivity index (χ3n) is 2.34. The molecule has 1 atom stereocenters. The third kappa shape index (κ3) is 6.79. The van der Waals surface area contributed by atoms with E-state index in [1.165, 1.54) is 12.8 Å². The summed E-state index contributed by atoms with van der Waals surface area (Å²) in [6, 6.07) is 0.641. The molecule has 0 aromatic heterocycles. The number of nitrogens with one attached hydrogen (secondary N) is 1. The highest BCUT2D eigenvalue weighted by Gasteiger charge is 2.05. The first kappa shape index (κ1) is 12.7. The maximum atomic E-state index is 3.74. The van der Waals surface area contributed by atoms with E-state index in [-0.39, 0.29) is 0 Å². The Morgan fingerprint density at radius 3 is 2.69 bits per heavy atom. The van der Waals surface area contributed by atoms with Crippen molar-refractivity contribution in [2.45, 2.75) is 32.7 Å². The van der Waals surface area contributed by atoms with Gasteiger partial charge in [-0.25, -0.2) is 0 Å². The molecule has 0 aromatic rings. The molecule has 0 aliphatic carbocycles. The zero-order valence-electron chi connectivity index (χ0n) is 9.34. The van der Waals surface area contributed by atoms with E-state index in [1.807, 2.05) is 6.08 Å². The largest absolute Gasteiger partial charge is 0.317 e. The molecule has 0 aliphatic heterocycles. The minimum absolute atomic E-state index is 0.641. The predicted molar refractivity (Wildman–Crippen MR) is 60.1 cm³/mol. The van der Waals surface area contributed by atoms with Crippen LogP contribution in [-0.4, -0.2) is 37.6 Å². The number of nitrogens with zero attached hydrogens (tertiary/aromatic N) is 1. The number of rotatable bonds is 8. The molecule has 0 bridgehead atoms. The van der Waals surface area contributed by atoms with Crippen LogP contribution in [-0.2, 0) is 0 Å². The Kier molecular flexibility index (Phi) is 8.05. The summed E-state index contributed by atoms with van der Waals surface area (Å²) >= 11 is 0. The molecular formula is C11H24N2. The highest BCUT2D eigenvalue weighted by Crippen LogP contribution is 1.99. The van der Waals surface area contributed by atoms with Crippen LogP contribution >= 0.6 is 0 Å². The number of likely N-dealkylation sites (N-methyl/N-ethyl adjacent to an activating group) is 1. The first-order valence-electron chi connectivity index (χ1n) is 5.24. The second kappa shape index (κ2) is 8.27. The SMILES string of the molecule is C=CCN(C)C(C)CCNCCC. The van der Waals surface area contributed by atoms with Crippen LogP contribution in [0.3, 0.4) is 0 Å². The second-order valence-electron chi connectivity index (χ2n) is 3.62. The Labute approximate surface area is 83.0 Å². The van der Waals surface area contributed by atoms with Crippen LogP contribution in [0.5, 0.6) is 0 Å². The van der Waals surface area contributed by atoms with E-state index in [2.05, 4.69) is 37.7 Å². The van der Waals surface area contributed by atoms with Gasteiger partial charge in [0.1, 0.15) is 0 Å². The van der Waals surface area contributed by atoms with Crippen LogP contribution in [0.4, 0.5) is 0 Å². The van der Waals surface area contributed by atoms with Gasteiger partial charge in [0.05, 0.1) is 0 Å². The summed E-state index contributed by atoms with van der Waals surface area (Å²) in [5.74, 6) is 0. The lowest BCUT2D eigenvalue weighted by atomic mass is 10.2. The van der Waals surface area contributed by atoms with Crippen molar-refractivity contribution in [1.82, 2.24) is 10.2 Å². The molecule has 2 nitrogen and oxygen atoms in total. The molecule has 0 heterocycles. The molecule has 78 valence electrons. The van der Waals surface area contributed by atoms with Crippen molar-refractivity contribution in [1.29, 1.82) is 0 Å². The van der Waals surface area contributed by atoms with Crippen LogP contribution in [0.15, 0.2) is 12.7 Å². The van der Waals surface area contributed by atoms with Crippen LogP contribution in [0.1, 0.15) is 26.7 Å². The molecule has 2 heteroatoms. The van der Waals surface area contributed by atoms with E-state index < -0.39 is 0 Å². The second-order valence-corrected chi connectivity index (χ2v) is 3.62. The molecular weight excluding hydrogens is 160 g/mol. The Morgan fingerprint density at radius 1 is 1.46 bits per heavy atom. The van der Waals surface area contributed by atoms with E-state index in [9.17, 15) is 0 Å². The van der Waals surface area contributed by atoms with E-state index in [4.69, 9.17) is 0 Å². The normalized spacial score (nSPS) is 13.2. The van der Waals surface area contributed by atoms with Crippen LogP contribution < -0.4 is 5.32 Å². The topological polar surface area (TPSA) is 15.3 Å². The predicted octanol–water partition coefficient (Wildman–Crippen LogP) is 1.88. The first-order valence-corrected chi connectivity index (χ1v) is 5.24. The molecule has 0 fully saturated rings. The van der Waals surface area contributed by atoms with E-state index in [0.29, 0.717) is 6.04 Å².